The zero-order valence-electron chi connectivity index (χ0n) is 12.0. The lowest BCUT2D eigenvalue weighted by atomic mass is 9.96. The molecule has 7 heteroatoms. The van der Waals surface area contributed by atoms with E-state index in [4.69, 9.17) is 17.4 Å². The van der Waals surface area contributed by atoms with Gasteiger partial charge in [-0.1, -0.05) is 32.4 Å². The highest BCUT2D eigenvalue weighted by Gasteiger charge is 2.19. The van der Waals surface area contributed by atoms with Crippen molar-refractivity contribution in [3.63, 3.8) is 0 Å². The van der Waals surface area contributed by atoms with Crippen LogP contribution in [0, 0.1) is 3.57 Å². The van der Waals surface area contributed by atoms with Crippen LogP contribution < -0.4 is 16.6 Å². The van der Waals surface area contributed by atoms with Gasteiger partial charge in [0, 0.05) is 15.1 Å². The maximum atomic E-state index is 6.23. The Morgan fingerprint density at radius 2 is 1.81 bits per heavy atom. The smallest absolute Gasteiger partial charge is 0.145 e. The lowest BCUT2D eigenvalue weighted by Gasteiger charge is -2.19. The summed E-state index contributed by atoms with van der Waals surface area (Å²) >= 11 is 8.45. The van der Waals surface area contributed by atoms with Gasteiger partial charge in [0.15, 0.2) is 0 Å². The van der Waals surface area contributed by atoms with E-state index in [2.05, 4.69) is 43.3 Å². The standard InChI is InChI=1S/C14H17ClIN5/c1-14(2,3)13-19-11(7-12(20-13)21-17)18-10-5-4-8(16)6-9(10)15/h4-7H,17H2,1-3H3,(H2,18,19,20,21). The Bertz CT molecular complexity index is 654. The Kier molecular flexibility index (Phi) is 4.90. The van der Waals surface area contributed by atoms with Gasteiger partial charge in [0.2, 0.25) is 0 Å². The average Bonchev–Trinajstić information content (AvgIpc) is 2.40. The number of nitrogen functional groups attached to an aromatic ring is 1. The van der Waals surface area contributed by atoms with Crippen LogP contribution in [0.3, 0.4) is 0 Å². The molecule has 0 fully saturated rings. The van der Waals surface area contributed by atoms with Crippen molar-refractivity contribution in [2.75, 3.05) is 10.7 Å². The monoisotopic (exact) mass is 417 g/mol. The molecule has 5 nitrogen and oxygen atoms in total. The van der Waals surface area contributed by atoms with Crippen LogP contribution in [0.15, 0.2) is 24.3 Å². The van der Waals surface area contributed by atoms with Crippen LogP contribution in [0.1, 0.15) is 26.6 Å². The van der Waals surface area contributed by atoms with Crippen molar-refractivity contribution < 1.29 is 0 Å². The largest absolute Gasteiger partial charge is 0.339 e. The van der Waals surface area contributed by atoms with Gasteiger partial charge in [-0.15, -0.1) is 0 Å². The van der Waals surface area contributed by atoms with Crippen molar-refractivity contribution in [2.24, 2.45) is 5.84 Å². The molecule has 0 atom stereocenters. The first-order valence-electron chi connectivity index (χ1n) is 6.38. The van der Waals surface area contributed by atoms with Gasteiger partial charge in [0.05, 0.1) is 10.7 Å². The number of rotatable bonds is 3. The molecule has 0 aliphatic rings. The first kappa shape index (κ1) is 16.3. The third-order valence-corrected chi connectivity index (χ3v) is 3.72. The number of nitrogens with zero attached hydrogens (tertiary/aromatic N) is 2. The Morgan fingerprint density at radius 3 is 2.38 bits per heavy atom. The van der Waals surface area contributed by atoms with Gasteiger partial charge in [0.1, 0.15) is 17.5 Å². The highest BCUT2D eigenvalue weighted by molar-refractivity contribution is 14.1. The summed E-state index contributed by atoms with van der Waals surface area (Å²) in [6.07, 6.45) is 0. The predicted molar refractivity (Wildman–Crippen MR) is 96.0 cm³/mol. The fourth-order valence-corrected chi connectivity index (χ4v) is 2.55. The van der Waals surface area contributed by atoms with Crippen LogP contribution in [-0.4, -0.2) is 9.97 Å². The quantitative estimate of drug-likeness (QED) is 0.399. The third kappa shape index (κ3) is 4.18. The van der Waals surface area contributed by atoms with Crippen molar-refractivity contribution in [3.8, 4) is 0 Å². The van der Waals surface area contributed by atoms with Gasteiger partial charge in [-0.2, -0.15) is 0 Å². The SMILES string of the molecule is CC(C)(C)c1nc(NN)cc(Nc2ccc(I)cc2Cl)n1. The molecule has 0 bridgehead atoms. The van der Waals surface area contributed by atoms with Crippen LogP contribution in [-0.2, 0) is 5.41 Å². The summed E-state index contributed by atoms with van der Waals surface area (Å²) in [5.41, 5.74) is 3.17. The number of benzene rings is 1. The summed E-state index contributed by atoms with van der Waals surface area (Å²) in [4.78, 5) is 8.91. The highest BCUT2D eigenvalue weighted by atomic mass is 127. The highest BCUT2D eigenvalue weighted by Crippen LogP contribution is 2.28. The fraction of sp³-hybridized carbons (Fsp3) is 0.286. The van der Waals surface area contributed by atoms with E-state index < -0.39 is 0 Å². The maximum Gasteiger partial charge on any atom is 0.145 e. The summed E-state index contributed by atoms with van der Waals surface area (Å²) in [5, 5.41) is 3.84. The topological polar surface area (TPSA) is 75.9 Å². The molecule has 2 rings (SSSR count). The van der Waals surface area contributed by atoms with E-state index in [1.807, 2.05) is 39.0 Å². The maximum absolute atomic E-state index is 6.23. The molecule has 1 heterocycles. The number of nitrogens with two attached hydrogens (primary N) is 1. The molecular weight excluding hydrogens is 401 g/mol. The zero-order valence-corrected chi connectivity index (χ0v) is 15.0. The second kappa shape index (κ2) is 6.33. The summed E-state index contributed by atoms with van der Waals surface area (Å²) in [6.45, 7) is 6.14. The molecule has 4 N–H and O–H groups in total. The molecule has 0 radical (unpaired) electrons. The molecule has 0 aliphatic carbocycles. The first-order valence-corrected chi connectivity index (χ1v) is 7.83. The lowest BCUT2D eigenvalue weighted by Crippen LogP contribution is -2.19. The van der Waals surface area contributed by atoms with Crippen LogP contribution in [0.25, 0.3) is 0 Å². The number of hydrogen-bond acceptors (Lipinski definition) is 5. The number of halogens is 2. The van der Waals surface area contributed by atoms with E-state index in [0.717, 1.165) is 9.26 Å². The molecular formula is C14H17ClIN5. The van der Waals surface area contributed by atoms with Gasteiger partial charge in [-0.05, 0) is 40.8 Å². The van der Waals surface area contributed by atoms with Gasteiger partial charge < -0.3 is 10.7 Å². The summed E-state index contributed by atoms with van der Waals surface area (Å²) in [5.74, 6) is 7.37. The predicted octanol–water partition coefficient (Wildman–Crippen LogP) is 4.06. The molecule has 0 saturated heterocycles. The normalized spacial score (nSPS) is 11.3. The Labute approximate surface area is 142 Å². The van der Waals surface area contributed by atoms with Crippen molar-refractivity contribution >= 4 is 51.5 Å². The van der Waals surface area contributed by atoms with Crippen molar-refractivity contribution in [1.82, 2.24) is 9.97 Å². The second-order valence-corrected chi connectivity index (χ2v) is 7.26. The molecule has 1 aromatic carbocycles. The van der Waals surface area contributed by atoms with E-state index in [1.54, 1.807) is 6.07 Å². The number of hydrogen-bond donors (Lipinski definition) is 3. The molecule has 2 aromatic rings. The minimum atomic E-state index is -0.181. The lowest BCUT2D eigenvalue weighted by molar-refractivity contribution is 0.547. The number of hydrazine groups is 1. The van der Waals surface area contributed by atoms with Gasteiger partial charge in [-0.25, -0.2) is 15.8 Å². The molecule has 1 aromatic heterocycles. The van der Waals surface area contributed by atoms with Crippen LogP contribution in [0.2, 0.25) is 5.02 Å². The van der Waals surface area contributed by atoms with Crippen molar-refractivity contribution in [3.05, 3.63) is 38.7 Å². The number of anilines is 3. The van der Waals surface area contributed by atoms with E-state index >= 15 is 0 Å². The van der Waals surface area contributed by atoms with Crippen molar-refractivity contribution in [2.45, 2.75) is 26.2 Å². The number of nitrogens with one attached hydrogen (secondary N) is 2. The molecule has 0 spiro atoms. The molecule has 0 saturated carbocycles. The van der Waals surface area contributed by atoms with E-state index in [0.29, 0.717) is 22.5 Å². The van der Waals surface area contributed by atoms with Crippen LogP contribution >= 0.6 is 34.2 Å². The molecule has 0 unspecified atom stereocenters. The minimum Gasteiger partial charge on any atom is -0.339 e. The van der Waals surface area contributed by atoms with E-state index in [1.165, 1.54) is 0 Å². The Hall–Kier alpha value is -1.12. The van der Waals surface area contributed by atoms with E-state index in [9.17, 15) is 0 Å². The Balaban J connectivity index is 2.39. The Morgan fingerprint density at radius 1 is 1.14 bits per heavy atom. The van der Waals surface area contributed by atoms with Crippen LogP contribution in [0.4, 0.5) is 17.3 Å². The minimum absolute atomic E-state index is 0.181. The first-order chi connectivity index (χ1) is 9.79. The molecule has 21 heavy (non-hydrogen) atoms. The van der Waals surface area contributed by atoms with E-state index in [-0.39, 0.29) is 5.41 Å². The summed E-state index contributed by atoms with van der Waals surface area (Å²) < 4.78 is 1.07. The molecule has 0 amide bonds. The van der Waals surface area contributed by atoms with Gasteiger partial charge >= 0.3 is 0 Å². The average molecular weight is 418 g/mol. The second-order valence-electron chi connectivity index (χ2n) is 5.61. The fourth-order valence-electron chi connectivity index (χ4n) is 1.65. The summed E-state index contributed by atoms with van der Waals surface area (Å²) in [7, 11) is 0. The van der Waals surface area contributed by atoms with Crippen molar-refractivity contribution in [1.29, 1.82) is 0 Å². The molecule has 0 aliphatic heterocycles. The zero-order chi connectivity index (χ0) is 15.6. The summed E-state index contributed by atoms with van der Waals surface area (Å²) in [6, 6.07) is 7.52. The molecule has 112 valence electrons. The number of aromatic nitrogens is 2. The van der Waals surface area contributed by atoms with Crippen LogP contribution in [0.5, 0.6) is 0 Å². The third-order valence-electron chi connectivity index (χ3n) is 2.74. The van der Waals surface area contributed by atoms with Gasteiger partial charge in [-0.3, -0.25) is 0 Å². The van der Waals surface area contributed by atoms with Gasteiger partial charge in [0.25, 0.3) is 0 Å².